The minimum absolute atomic E-state index is 0.121. The summed E-state index contributed by atoms with van der Waals surface area (Å²) in [4.78, 5) is 15.9. The van der Waals surface area contributed by atoms with Gasteiger partial charge in [0.1, 0.15) is 6.61 Å². The number of anilines is 1. The number of aliphatic hydroxyl groups excluding tert-OH is 1. The Morgan fingerprint density at radius 1 is 1.16 bits per heavy atom. The molecule has 25 heavy (non-hydrogen) atoms. The molecule has 2 rings (SSSR count). The molecule has 8 heteroatoms. The lowest BCUT2D eigenvalue weighted by Crippen LogP contribution is -2.13. The average molecular weight is 354 g/mol. The summed E-state index contributed by atoms with van der Waals surface area (Å²) in [6.45, 7) is 0.00987. The summed E-state index contributed by atoms with van der Waals surface area (Å²) in [6, 6.07) is 7.90. The van der Waals surface area contributed by atoms with Crippen LogP contribution in [0.2, 0.25) is 0 Å². The number of hydrogen-bond donors (Lipinski definition) is 2. The summed E-state index contributed by atoms with van der Waals surface area (Å²) in [5.41, 5.74) is 0.415. The number of aryl methyl sites for hydroxylation is 1. The number of nitrogens with zero attached hydrogens (tertiary/aromatic N) is 1. The van der Waals surface area contributed by atoms with E-state index in [-0.39, 0.29) is 25.5 Å². The van der Waals surface area contributed by atoms with Crippen LogP contribution in [0.4, 0.5) is 18.9 Å². The summed E-state index contributed by atoms with van der Waals surface area (Å²) in [7, 11) is 0. The fraction of sp³-hybridized carbons (Fsp3) is 0.294. The molecule has 0 unspecified atom stereocenters. The number of nitrogens with one attached hydrogen (secondary N) is 1. The fourth-order valence-electron chi connectivity index (χ4n) is 2.03. The number of aromatic nitrogens is 1. The molecule has 134 valence electrons. The van der Waals surface area contributed by atoms with Crippen molar-refractivity contribution in [2.45, 2.75) is 19.0 Å². The largest absolute Gasteiger partial charge is 0.475 e. The van der Waals surface area contributed by atoms with Crippen LogP contribution in [0.3, 0.4) is 0 Å². The van der Waals surface area contributed by atoms with Gasteiger partial charge in [0.2, 0.25) is 11.8 Å². The van der Waals surface area contributed by atoms with Crippen LogP contribution in [0.25, 0.3) is 0 Å². The van der Waals surface area contributed by atoms with Crippen molar-refractivity contribution < 1.29 is 27.8 Å². The highest BCUT2D eigenvalue weighted by molar-refractivity contribution is 5.90. The number of ether oxygens (including phenoxy) is 1. The average Bonchev–Trinajstić information content (AvgIpc) is 2.59. The van der Waals surface area contributed by atoms with Gasteiger partial charge in [-0.15, -0.1) is 0 Å². The highest BCUT2D eigenvalue weighted by atomic mass is 19.4. The van der Waals surface area contributed by atoms with Crippen LogP contribution in [0.15, 0.2) is 42.6 Å². The highest BCUT2D eigenvalue weighted by Gasteiger charge is 2.29. The van der Waals surface area contributed by atoms with Crippen molar-refractivity contribution in [3.05, 3.63) is 53.7 Å². The Balaban J connectivity index is 1.82. The van der Waals surface area contributed by atoms with E-state index >= 15 is 0 Å². The molecule has 0 radical (unpaired) electrons. The van der Waals surface area contributed by atoms with Gasteiger partial charge in [-0.05, 0) is 30.2 Å². The molecular formula is C17H17F3N2O3. The van der Waals surface area contributed by atoms with Gasteiger partial charge in [0, 0.05) is 12.5 Å². The third-order valence-corrected chi connectivity index (χ3v) is 3.28. The second-order valence-corrected chi connectivity index (χ2v) is 5.20. The molecule has 0 saturated heterocycles. The molecule has 0 saturated carbocycles. The van der Waals surface area contributed by atoms with E-state index in [1.165, 1.54) is 18.3 Å². The van der Waals surface area contributed by atoms with Gasteiger partial charge in [-0.1, -0.05) is 12.1 Å². The maximum atomic E-state index is 12.5. The first-order valence-corrected chi connectivity index (χ1v) is 7.54. The normalized spacial score (nSPS) is 11.2. The van der Waals surface area contributed by atoms with E-state index in [9.17, 15) is 18.0 Å². The summed E-state index contributed by atoms with van der Waals surface area (Å²) < 4.78 is 42.5. The van der Waals surface area contributed by atoms with E-state index in [1.54, 1.807) is 12.1 Å². The summed E-state index contributed by atoms with van der Waals surface area (Å²) in [5.74, 6) is 0.0579. The van der Waals surface area contributed by atoms with Crippen molar-refractivity contribution in [1.82, 2.24) is 4.98 Å². The van der Waals surface area contributed by atoms with Crippen LogP contribution >= 0.6 is 0 Å². The third kappa shape index (κ3) is 6.07. The predicted molar refractivity (Wildman–Crippen MR) is 85.2 cm³/mol. The van der Waals surface area contributed by atoms with Crippen molar-refractivity contribution in [1.29, 1.82) is 0 Å². The summed E-state index contributed by atoms with van der Waals surface area (Å²) >= 11 is 0. The quantitative estimate of drug-likeness (QED) is 0.802. The standard InChI is InChI=1S/C17H17F3N2O3/c18-17(19,20)13-4-1-12(2-5-13)3-7-15(24)22-14-6-8-16(21-11-14)25-10-9-23/h1-2,4-6,8,11,23H,3,7,9-10H2,(H,22,24). The van der Waals surface area contributed by atoms with E-state index in [1.807, 2.05) is 0 Å². The van der Waals surface area contributed by atoms with Crippen LogP contribution in [-0.4, -0.2) is 29.2 Å². The minimum Gasteiger partial charge on any atom is -0.475 e. The minimum atomic E-state index is -4.37. The molecule has 1 aromatic heterocycles. The molecule has 0 fully saturated rings. The number of halogens is 3. The zero-order chi connectivity index (χ0) is 18.3. The van der Waals surface area contributed by atoms with Gasteiger partial charge in [-0.25, -0.2) is 4.98 Å². The monoisotopic (exact) mass is 354 g/mol. The molecule has 5 nitrogen and oxygen atoms in total. The molecule has 2 N–H and O–H groups in total. The van der Waals surface area contributed by atoms with Crippen molar-refractivity contribution >= 4 is 11.6 Å². The van der Waals surface area contributed by atoms with Crippen molar-refractivity contribution in [3.63, 3.8) is 0 Å². The SMILES string of the molecule is O=C(CCc1ccc(C(F)(F)F)cc1)Nc1ccc(OCCO)nc1. The summed E-state index contributed by atoms with van der Waals surface area (Å²) in [5, 5.41) is 11.3. The number of aliphatic hydroxyl groups is 1. The maximum absolute atomic E-state index is 12.5. The topological polar surface area (TPSA) is 71.5 Å². The first kappa shape index (κ1) is 18.7. The number of amides is 1. The third-order valence-electron chi connectivity index (χ3n) is 3.28. The Labute approximate surface area is 142 Å². The first-order valence-electron chi connectivity index (χ1n) is 7.54. The van der Waals surface area contributed by atoms with E-state index in [0.29, 0.717) is 23.6 Å². The van der Waals surface area contributed by atoms with E-state index in [2.05, 4.69) is 10.3 Å². The van der Waals surface area contributed by atoms with Gasteiger partial charge in [0.15, 0.2) is 0 Å². The zero-order valence-electron chi connectivity index (χ0n) is 13.2. The van der Waals surface area contributed by atoms with E-state index in [4.69, 9.17) is 9.84 Å². The number of carbonyl (C=O) groups is 1. The molecule has 0 aliphatic heterocycles. The second-order valence-electron chi connectivity index (χ2n) is 5.20. The molecule has 2 aromatic rings. The summed E-state index contributed by atoms with van der Waals surface area (Å²) in [6.07, 6.45) is -2.48. The zero-order valence-corrected chi connectivity index (χ0v) is 13.2. The van der Waals surface area contributed by atoms with Gasteiger partial charge < -0.3 is 15.2 Å². The molecule has 0 aliphatic carbocycles. The Bertz CT molecular complexity index is 686. The molecule has 0 atom stereocenters. The molecule has 0 aliphatic rings. The number of hydrogen-bond acceptors (Lipinski definition) is 4. The number of pyridine rings is 1. The van der Waals surface area contributed by atoms with Crippen molar-refractivity contribution in [2.75, 3.05) is 18.5 Å². The number of benzene rings is 1. The van der Waals surface area contributed by atoms with Crippen LogP contribution in [0, 0.1) is 0 Å². The van der Waals surface area contributed by atoms with E-state index < -0.39 is 11.7 Å². The Morgan fingerprint density at radius 3 is 2.44 bits per heavy atom. The molecule has 0 spiro atoms. The van der Waals surface area contributed by atoms with Gasteiger partial charge in [-0.2, -0.15) is 13.2 Å². The molecular weight excluding hydrogens is 337 g/mol. The first-order chi connectivity index (χ1) is 11.9. The van der Waals surface area contributed by atoms with Gasteiger partial charge in [-0.3, -0.25) is 4.79 Å². The van der Waals surface area contributed by atoms with Crippen LogP contribution in [0.1, 0.15) is 17.5 Å². The number of alkyl halides is 3. The lowest BCUT2D eigenvalue weighted by molar-refractivity contribution is -0.137. The van der Waals surface area contributed by atoms with Crippen LogP contribution in [0.5, 0.6) is 5.88 Å². The molecule has 0 bridgehead atoms. The van der Waals surface area contributed by atoms with Crippen LogP contribution in [-0.2, 0) is 17.4 Å². The lowest BCUT2D eigenvalue weighted by Gasteiger charge is -2.08. The Kier molecular flexibility index (Phi) is 6.35. The van der Waals surface area contributed by atoms with Crippen LogP contribution < -0.4 is 10.1 Å². The molecule has 1 heterocycles. The molecule has 1 amide bonds. The smallest absolute Gasteiger partial charge is 0.416 e. The van der Waals surface area contributed by atoms with Gasteiger partial charge >= 0.3 is 6.18 Å². The Hall–Kier alpha value is -2.61. The Morgan fingerprint density at radius 2 is 1.88 bits per heavy atom. The fourth-order valence-corrected chi connectivity index (χ4v) is 2.03. The lowest BCUT2D eigenvalue weighted by atomic mass is 10.1. The highest BCUT2D eigenvalue weighted by Crippen LogP contribution is 2.29. The van der Waals surface area contributed by atoms with Gasteiger partial charge in [0.05, 0.1) is 24.1 Å². The van der Waals surface area contributed by atoms with Crippen molar-refractivity contribution in [2.24, 2.45) is 0 Å². The van der Waals surface area contributed by atoms with Gasteiger partial charge in [0.25, 0.3) is 0 Å². The maximum Gasteiger partial charge on any atom is 0.416 e. The second kappa shape index (κ2) is 8.48. The van der Waals surface area contributed by atoms with E-state index in [0.717, 1.165) is 12.1 Å². The predicted octanol–water partition coefficient (Wildman–Crippen LogP) is 3.04. The number of carbonyl (C=O) groups excluding carboxylic acids is 1. The number of rotatable bonds is 7. The molecule has 1 aromatic carbocycles. The van der Waals surface area contributed by atoms with Crippen molar-refractivity contribution in [3.8, 4) is 5.88 Å².